The highest BCUT2D eigenvalue weighted by molar-refractivity contribution is 7.08. The largest absolute Gasteiger partial charge is 0.465 e. The number of ether oxygens (including phenoxy) is 1. The monoisotopic (exact) mass is 301 g/mol. The van der Waals surface area contributed by atoms with Crippen molar-refractivity contribution < 1.29 is 22.7 Å². The molecular formula is C13H10F3NO2S. The van der Waals surface area contributed by atoms with E-state index in [1.54, 1.807) is 10.8 Å². The number of hydrogen-bond acceptors (Lipinski definition) is 4. The summed E-state index contributed by atoms with van der Waals surface area (Å²) in [6, 6.07) is 4.77. The maximum absolute atomic E-state index is 12.6. The molecule has 0 radical (unpaired) electrons. The number of alkyl halides is 3. The molecule has 0 amide bonds. The van der Waals surface area contributed by atoms with Crippen LogP contribution in [0.3, 0.4) is 0 Å². The van der Waals surface area contributed by atoms with Crippen LogP contribution in [0.1, 0.15) is 15.9 Å². The van der Waals surface area contributed by atoms with Gasteiger partial charge >= 0.3 is 12.1 Å². The van der Waals surface area contributed by atoms with Crippen molar-refractivity contribution in [3.8, 4) is 0 Å². The molecule has 0 aliphatic carbocycles. The van der Waals surface area contributed by atoms with E-state index < -0.39 is 17.7 Å². The Morgan fingerprint density at radius 2 is 2.05 bits per heavy atom. The zero-order chi connectivity index (χ0) is 14.8. The van der Waals surface area contributed by atoms with Gasteiger partial charge in [0.1, 0.15) is 0 Å². The highest BCUT2D eigenvalue weighted by Gasteiger charge is 2.30. The van der Waals surface area contributed by atoms with Crippen LogP contribution >= 0.6 is 11.3 Å². The number of methoxy groups -OCH3 is 1. The first kappa shape index (κ1) is 14.4. The molecule has 0 saturated heterocycles. The van der Waals surface area contributed by atoms with Crippen LogP contribution in [0.15, 0.2) is 35.0 Å². The third-order valence-corrected chi connectivity index (χ3v) is 3.28. The van der Waals surface area contributed by atoms with Gasteiger partial charge in [-0.05, 0) is 18.2 Å². The third-order valence-electron chi connectivity index (χ3n) is 2.54. The lowest BCUT2D eigenvalue weighted by Crippen LogP contribution is -2.06. The Kier molecular flexibility index (Phi) is 3.99. The predicted octanol–water partition coefficient (Wildman–Crippen LogP) is 4.30. The van der Waals surface area contributed by atoms with Crippen molar-refractivity contribution in [2.75, 3.05) is 12.4 Å². The van der Waals surface area contributed by atoms with Crippen molar-refractivity contribution in [1.29, 1.82) is 0 Å². The quantitative estimate of drug-likeness (QED) is 0.859. The van der Waals surface area contributed by atoms with E-state index in [4.69, 9.17) is 0 Å². The second-order valence-electron chi connectivity index (χ2n) is 3.89. The van der Waals surface area contributed by atoms with Gasteiger partial charge in [0.05, 0.1) is 23.9 Å². The first-order chi connectivity index (χ1) is 9.41. The average Bonchev–Trinajstić information content (AvgIpc) is 2.85. The highest BCUT2D eigenvalue weighted by atomic mass is 32.1. The Morgan fingerprint density at radius 3 is 2.70 bits per heavy atom. The van der Waals surface area contributed by atoms with Gasteiger partial charge in [-0.2, -0.15) is 13.2 Å². The molecule has 0 saturated carbocycles. The Labute approximate surface area is 117 Å². The van der Waals surface area contributed by atoms with Gasteiger partial charge in [0.25, 0.3) is 0 Å². The Bertz CT molecular complexity index is 622. The summed E-state index contributed by atoms with van der Waals surface area (Å²) in [7, 11) is 1.24. The summed E-state index contributed by atoms with van der Waals surface area (Å²) in [6.07, 6.45) is -4.41. The van der Waals surface area contributed by atoms with Crippen LogP contribution in [0.25, 0.3) is 0 Å². The molecule has 0 aliphatic heterocycles. The fourth-order valence-electron chi connectivity index (χ4n) is 1.59. The van der Waals surface area contributed by atoms with Gasteiger partial charge in [-0.3, -0.25) is 0 Å². The highest BCUT2D eigenvalue weighted by Crippen LogP contribution is 2.32. The van der Waals surface area contributed by atoms with Crippen LogP contribution in [-0.4, -0.2) is 13.1 Å². The van der Waals surface area contributed by atoms with E-state index in [1.807, 2.05) is 0 Å². The maximum atomic E-state index is 12.6. The van der Waals surface area contributed by atoms with E-state index in [2.05, 4.69) is 10.1 Å². The van der Waals surface area contributed by atoms with Gasteiger partial charge in [0.15, 0.2) is 0 Å². The summed E-state index contributed by atoms with van der Waals surface area (Å²) in [5.41, 5.74) is 0.205. The summed E-state index contributed by atoms with van der Waals surface area (Å²) >= 11 is 1.25. The van der Waals surface area contributed by atoms with Gasteiger partial charge in [0.2, 0.25) is 0 Å². The van der Waals surface area contributed by atoms with Gasteiger partial charge in [0, 0.05) is 16.4 Å². The molecule has 1 N–H and O–H groups in total. The first-order valence-electron chi connectivity index (χ1n) is 5.50. The van der Waals surface area contributed by atoms with Crippen LogP contribution in [0.5, 0.6) is 0 Å². The van der Waals surface area contributed by atoms with Crippen molar-refractivity contribution in [1.82, 2.24) is 0 Å². The summed E-state index contributed by atoms with van der Waals surface area (Å²) in [5.74, 6) is -0.541. The summed E-state index contributed by atoms with van der Waals surface area (Å²) < 4.78 is 42.4. The zero-order valence-electron chi connectivity index (χ0n) is 10.3. The molecule has 2 rings (SSSR count). The minimum Gasteiger partial charge on any atom is -0.465 e. The van der Waals surface area contributed by atoms with Crippen molar-refractivity contribution in [3.05, 3.63) is 46.2 Å². The molecule has 0 fully saturated rings. The number of thiophene rings is 1. The average molecular weight is 301 g/mol. The zero-order valence-corrected chi connectivity index (χ0v) is 11.1. The van der Waals surface area contributed by atoms with Crippen molar-refractivity contribution >= 4 is 28.7 Å². The molecule has 0 bridgehead atoms. The summed E-state index contributed by atoms with van der Waals surface area (Å²) in [5, 5.41) is 5.99. The van der Waals surface area contributed by atoms with Crippen LogP contribution in [0.4, 0.5) is 24.5 Å². The molecule has 3 nitrogen and oxygen atoms in total. The van der Waals surface area contributed by atoms with Crippen molar-refractivity contribution in [3.63, 3.8) is 0 Å². The van der Waals surface area contributed by atoms with Gasteiger partial charge < -0.3 is 10.1 Å². The van der Waals surface area contributed by atoms with Gasteiger partial charge in [-0.25, -0.2) is 4.79 Å². The molecular weight excluding hydrogens is 291 g/mol. The molecule has 2 aromatic rings. The van der Waals surface area contributed by atoms with Crippen LogP contribution in [0, 0.1) is 0 Å². The number of carbonyl (C=O) groups excluding carboxylic acids is 1. The molecule has 7 heteroatoms. The summed E-state index contributed by atoms with van der Waals surface area (Å²) in [6.45, 7) is 0. The maximum Gasteiger partial charge on any atom is 0.416 e. The molecule has 106 valence electrons. The molecule has 0 unspecified atom stereocenters. The summed E-state index contributed by atoms with van der Waals surface area (Å²) in [4.78, 5) is 11.5. The molecule has 1 heterocycles. The van der Waals surface area contributed by atoms with E-state index in [9.17, 15) is 18.0 Å². The van der Waals surface area contributed by atoms with E-state index in [0.29, 0.717) is 5.69 Å². The van der Waals surface area contributed by atoms with E-state index in [0.717, 1.165) is 12.1 Å². The number of hydrogen-bond donors (Lipinski definition) is 1. The standard InChI is InChI=1S/C13H10F3NO2S/c1-19-12(18)10-6-20-7-11(10)17-9-4-2-3-8(5-9)13(14,15)16/h2-7,17H,1H3. The Hall–Kier alpha value is -2.02. The number of anilines is 2. The van der Waals surface area contributed by atoms with Crippen molar-refractivity contribution in [2.24, 2.45) is 0 Å². The van der Waals surface area contributed by atoms with E-state index >= 15 is 0 Å². The van der Waals surface area contributed by atoms with E-state index in [1.165, 1.54) is 30.6 Å². The fourth-order valence-corrected chi connectivity index (χ4v) is 2.34. The molecule has 20 heavy (non-hydrogen) atoms. The molecule has 0 aliphatic rings. The molecule has 0 spiro atoms. The number of nitrogens with one attached hydrogen (secondary N) is 1. The number of halogens is 3. The van der Waals surface area contributed by atoms with Crippen LogP contribution in [-0.2, 0) is 10.9 Å². The lowest BCUT2D eigenvalue weighted by atomic mass is 10.2. The van der Waals surface area contributed by atoms with Crippen molar-refractivity contribution in [2.45, 2.75) is 6.18 Å². The number of carbonyl (C=O) groups is 1. The first-order valence-corrected chi connectivity index (χ1v) is 6.45. The predicted molar refractivity (Wildman–Crippen MR) is 70.4 cm³/mol. The lowest BCUT2D eigenvalue weighted by molar-refractivity contribution is -0.137. The topological polar surface area (TPSA) is 38.3 Å². The Balaban J connectivity index is 2.27. The second kappa shape index (κ2) is 5.54. The normalized spacial score (nSPS) is 11.2. The van der Waals surface area contributed by atoms with Gasteiger partial charge in [-0.1, -0.05) is 6.07 Å². The second-order valence-corrected chi connectivity index (χ2v) is 4.64. The molecule has 1 aromatic carbocycles. The van der Waals surface area contributed by atoms with Crippen LogP contribution in [0.2, 0.25) is 0 Å². The van der Waals surface area contributed by atoms with E-state index in [-0.39, 0.29) is 11.3 Å². The molecule has 0 atom stereocenters. The fraction of sp³-hybridized carbons (Fsp3) is 0.154. The molecule has 1 aromatic heterocycles. The smallest absolute Gasteiger partial charge is 0.416 e. The minimum atomic E-state index is -4.41. The minimum absolute atomic E-state index is 0.253. The number of esters is 1. The lowest BCUT2D eigenvalue weighted by Gasteiger charge is -2.10. The Morgan fingerprint density at radius 1 is 1.30 bits per heavy atom. The van der Waals surface area contributed by atoms with Crippen LogP contribution < -0.4 is 5.32 Å². The SMILES string of the molecule is COC(=O)c1cscc1Nc1cccc(C(F)(F)F)c1. The third kappa shape index (κ3) is 3.11. The number of benzene rings is 1. The van der Waals surface area contributed by atoms with Gasteiger partial charge in [-0.15, -0.1) is 11.3 Å². The number of rotatable bonds is 3.